The van der Waals surface area contributed by atoms with Gasteiger partial charge in [-0.15, -0.1) is 0 Å². The summed E-state index contributed by atoms with van der Waals surface area (Å²) in [5.74, 6) is 0. The molecule has 0 bridgehead atoms. The van der Waals surface area contributed by atoms with Crippen molar-refractivity contribution in [2.75, 3.05) is 6.54 Å². The van der Waals surface area contributed by atoms with Crippen LogP contribution in [0.3, 0.4) is 0 Å². The molecule has 1 nitrogen and oxygen atoms in total. The van der Waals surface area contributed by atoms with Gasteiger partial charge in [-0.1, -0.05) is 36.4 Å². The Morgan fingerprint density at radius 3 is 3.07 bits per heavy atom. The van der Waals surface area contributed by atoms with Crippen LogP contribution in [0.4, 0.5) is 0 Å². The summed E-state index contributed by atoms with van der Waals surface area (Å²) < 4.78 is 0. The zero-order chi connectivity index (χ0) is 10.7. The van der Waals surface area contributed by atoms with E-state index in [1.54, 1.807) is 0 Å². The normalized spacial score (nSPS) is 20.5. The Bertz CT molecular complexity index is 348. The maximum absolute atomic E-state index is 3.98. The van der Waals surface area contributed by atoms with E-state index in [-0.39, 0.29) is 0 Å². The van der Waals surface area contributed by atoms with E-state index in [1.807, 2.05) is 0 Å². The molecule has 0 aliphatic carbocycles. The molecule has 1 unspecified atom stereocenters. The summed E-state index contributed by atoms with van der Waals surface area (Å²) in [6.07, 6.45) is 3.79. The van der Waals surface area contributed by atoms with Gasteiger partial charge >= 0.3 is 0 Å². The lowest BCUT2D eigenvalue weighted by molar-refractivity contribution is 0.603. The van der Waals surface area contributed by atoms with E-state index < -0.39 is 0 Å². The largest absolute Gasteiger partial charge is 0.314 e. The van der Waals surface area contributed by atoms with E-state index >= 15 is 0 Å². The lowest BCUT2D eigenvalue weighted by atomic mass is 10.0. The average Bonchev–Trinajstić information content (AvgIpc) is 2.71. The number of hydrogen-bond donors (Lipinski definition) is 1. The second-order valence-electron chi connectivity index (χ2n) is 4.48. The molecule has 2 rings (SSSR count). The lowest BCUT2D eigenvalue weighted by Gasteiger charge is -2.11. The first-order valence-electron chi connectivity index (χ1n) is 5.74. The predicted octanol–water partition coefficient (Wildman–Crippen LogP) is 3.01. The van der Waals surface area contributed by atoms with Crippen LogP contribution in [0.2, 0.25) is 0 Å². The number of benzene rings is 1. The fourth-order valence-electron chi connectivity index (χ4n) is 2.18. The summed E-state index contributed by atoms with van der Waals surface area (Å²) in [6.45, 7) is 7.23. The monoisotopic (exact) mass is 201 g/mol. The van der Waals surface area contributed by atoms with Gasteiger partial charge in [-0.3, -0.25) is 0 Å². The molecule has 1 aliphatic rings. The van der Waals surface area contributed by atoms with Crippen molar-refractivity contribution in [1.29, 1.82) is 0 Å². The first kappa shape index (κ1) is 10.4. The fraction of sp³-hybridized carbons (Fsp3) is 0.429. The molecule has 0 radical (unpaired) electrons. The Kier molecular flexibility index (Phi) is 3.22. The second kappa shape index (κ2) is 4.63. The summed E-state index contributed by atoms with van der Waals surface area (Å²) in [4.78, 5) is 0. The van der Waals surface area contributed by atoms with Crippen LogP contribution in [-0.2, 0) is 6.42 Å². The number of allylic oxidation sites excluding steroid dienone is 1. The molecular weight excluding hydrogens is 182 g/mol. The van der Waals surface area contributed by atoms with Gasteiger partial charge in [0.05, 0.1) is 0 Å². The molecule has 1 aromatic rings. The minimum Gasteiger partial charge on any atom is -0.314 e. The molecule has 1 saturated heterocycles. The molecule has 0 spiro atoms. The van der Waals surface area contributed by atoms with Crippen molar-refractivity contribution in [2.24, 2.45) is 0 Å². The Balaban J connectivity index is 2.07. The van der Waals surface area contributed by atoms with Crippen LogP contribution in [0, 0.1) is 0 Å². The number of hydrogen-bond acceptors (Lipinski definition) is 1. The quantitative estimate of drug-likeness (QED) is 0.792. The molecule has 1 fully saturated rings. The first-order chi connectivity index (χ1) is 7.25. The summed E-state index contributed by atoms with van der Waals surface area (Å²) in [6, 6.07) is 9.43. The van der Waals surface area contributed by atoms with Gasteiger partial charge in [-0.05, 0) is 43.9 Å². The average molecular weight is 201 g/mol. The van der Waals surface area contributed by atoms with Crippen LogP contribution in [-0.4, -0.2) is 12.6 Å². The molecule has 80 valence electrons. The third-order valence-corrected chi connectivity index (χ3v) is 3.06. The van der Waals surface area contributed by atoms with E-state index in [1.165, 1.54) is 30.5 Å². The van der Waals surface area contributed by atoms with Crippen LogP contribution in [0.25, 0.3) is 5.57 Å². The van der Waals surface area contributed by atoms with E-state index in [4.69, 9.17) is 0 Å². The Morgan fingerprint density at radius 2 is 2.40 bits per heavy atom. The molecule has 1 aliphatic heterocycles. The van der Waals surface area contributed by atoms with Gasteiger partial charge in [0.1, 0.15) is 0 Å². The Labute approximate surface area is 92.2 Å². The third-order valence-electron chi connectivity index (χ3n) is 3.06. The summed E-state index contributed by atoms with van der Waals surface area (Å²) in [5.41, 5.74) is 3.84. The molecule has 0 saturated carbocycles. The van der Waals surface area contributed by atoms with Crippen molar-refractivity contribution in [3.8, 4) is 0 Å². The maximum Gasteiger partial charge on any atom is 0.0108 e. The number of nitrogens with one attached hydrogen (secondary N) is 1. The van der Waals surface area contributed by atoms with E-state index in [0.717, 1.165) is 12.0 Å². The summed E-state index contributed by atoms with van der Waals surface area (Å²) >= 11 is 0. The predicted molar refractivity (Wildman–Crippen MR) is 65.9 cm³/mol. The van der Waals surface area contributed by atoms with Gasteiger partial charge in [0.15, 0.2) is 0 Å². The Hall–Kier alpha value is -1.08. The van der Waals surface area contributed by atoms with Crippen molar-refractivity contribution >= 4 is 5.57 Å². The molecule has 1 N–H and O–H groups in total. The van der Waals surface area contributed by atoms with Crippen LogP contribution in [0.5, 0.6) is 0 Å². The van der Waals surface area contributed by atoms with Gasteiger partial charge in [0.25, 0.3) is 0 Å². The minimum atomic E-state index is 0.686. The van der Waals surface area contributed by atoms with Gasteiger partial charge < -0.3 is 5.32 Å². The van der Waals surface area contributed by atoms with Crippen LogP contribution in [0.1, 0.15) is 30.9 Å². The standard InChI is InChI=1S/C14H19N/c1-11(2)13-6-3-5-12(9-13)10-14-7-4-8-15-14/h3,5-6,9,14-15H,1,4,7-8,10H2,2H3. The summed E-state index contributed by atoms with van der Waals surface area (Å²) in [5, 5.41) is 3.53. The molecule has 0 amide bonds. The van der Waals surface area contributed by atoms with Crippen molar-refractivity contribution in [3.05, 3.63) is 42.0 Å². The van der Waals surface area contributed by atoms with Crippen LogP contribution in [0.15, 0.2) is 30.8 Å². The fourth-order valence-corrected chi connectivity index (χ4v) is 2.18. The SMILES string of the molecule is C=C(C)c1cccc(CC2CCCN2)c1. The van der Waals surface area contributed by atoms with Crippen molar-refractivity contribution in [1.82, 2.24) is 5.32 Å². The van der Waals surface area contributed by atoms with Crippen molar-refractivity contribution in [2.45, 2.75) is 32.2 Å². The highest BCUT2D eigenvalue weighted by molar-refractivity contribution is 5.61. The highest BCUT2D eigenvalue weighted by atomic mass is 14.9. The number of rotatable bonds is 3. The van der Waals surface area contributed by atoms with E-state index in [0.29, 0.717) is 6.04 Å². The molecule has 1 aromatic carbocycles. The smallest absolute Gasteiger partial charge is 0.0108 e. The van der Waals surface area contributed by atoms with Crippen LogP contribution < -0.4 is 5.32 Å². The van der Waals surface area contributed by atoms with Gasteiger partial charge in [-0.25, -0.2) is 0 Å². The molecule has 15 heavy (non-hydrogen) atoms. The van der Waals surface area contributed by atoms with Crippen molar-refractivity contribution < 1.29 is 0 Å². The highest BCUT2D eigenvalue weighted by Crippen LogP contribution is 2.17. The van der Waals surface area contributed by atoms with E-state index in [9.17, 15) is 0 Å². The molecule has 0 aromatic heterocycles. The second-order valence-corrected chi connectivity index (χ2v) is 4.48. The first-order valence-corrected chi connectivity index (χ1v) is 5.74. The van der Waals surface area contributed by atoms with E-state index in [2.05, 4.69) is 43.1 Å². The van der Waals surface area contributed by atoms with Gasteiger partial charge in [0, 0.05) is 6.04 Å². The highest BCUT2D eigenvalue weighted by Gasteiger charge is 2.14. The summed E-state index contributed by atoms with van der Waals surface area (Å²) in [7, 11) is 0. The van der Waals surface area contributed by atoms with Gasteiger partial charge in [0.2, 0.25) is 0 Å². The molecular formula is C14H19N. The van der Waals surface area contributed by atoms with Crippen LogP contribution >= 0.6 is 0 Å². The van der Waals surface area contributed by atoms with Gasteiger partial charge in [-0.2, -0.15) is 0 Å². The molecule has 1 atom stereocenters. The zero-order valence-corrected chi connectivity index (χ0v) is 9.42. The lowest BCUT2D eigenvalue weighted by Crippen LogP contribution is -2.23. The zero-order valence-electron chi connectivity index (χ0n) is 9.42. The van der Waals surface area contributed by atoms with Crippen molar-refractivity contribution in [3.63, 3.8) is 0 Å². The molecule has 1 heteroatoms. The molecule has 1 heterocycles. The third kappa shape index (κ3) is 2.69. The maximum atomic E-state index is 3.98. The minimum absolute atomic E-state index is 0.686. The Morgan fingerprint density at radius 1 is 1.53 bits per heavy atom. The topological polar surface area (TPSA) is 12.0 Å².